The van der Waals surface area contributed by atoms with Crippen molar-refractivity contribution < 1.29 is 4.79 Å². The Morgan fingerprint density at radius 2 is 2.08 bits per heavy atom. The number of pyridine rings is 1. The summed E-state index contributed by atoms with van der Waals surface area (Å²) in [6.45, 7) is 5.89. The maximum atomic E-state index is 12.3. The van der Waals surface area contributed by atoms with E-state index in [1.165, 1.54) is 11.8 Å². The van der Waals surface area contributed by atoms with Gasteiger partial charge in [-0.1, -0.05) is 25.6 Å². The molecule has 0 atom stereocenters. The van der Waals surface area contributed by atoms with E-state index in [9.17, 15) is 4.79 Å². The highest BCUT2D eigenvalue weighted by atomic mass is 32.2. The quantitative estimate of drug-likeness (QED) is 0.533. The van der Waals surface area contributed by atoms with Crippen molar-refractivity contribution in [3.05, 3.63) is 29.7 Å². The third-order valence-corrected chi connectivity index (χ3v) is 4.97. The van der Waals surface area contributed by atoms with Crippen LogP contribution in [0.4, 0.5) is 0 Å². The molecule has 2 heterocycles. The molecule has 2 aromatic heterocycles. The number of nitrogens with zero attached hydrogens (tertiary/aromatic N) is 4. The predicted molar refractivity (Wildman–Crippen MR) is 103 cm³/mol. The molecule has 6 nitrogen and oxygen atoms in total. The number of thioether (sulfide) groups is 2. The Bertz CT molecular complexity index is 702. The van der Waals surface area contributed by atoms with Gasteiger partial charge in [-0.3, -0.25) is 4.79 Å². The van der Waals surface area contributed by atoms with E-state index < -0.39 is 0 Å². The van der Waals surface area contributed by atoms with Crippen molar-refractivity contribution in [1.82, 2.24) is 25.1 Å². The molecule has 0 aliphatic heterocycles. The molecule has 0 fully saturated rings. The molecule has 0 saturated heterocycles. The number of carbonyl (C=O) groups is 1. The standard InChI is InChI=1S/C17H25N5OS2/c1-12(2)11-22-14(20-21-17(22)25-4)8-6-9-18-15(23)13-7-5-10-19-16(13)24-3/h5,7,10,12H,6,8-9,11H2,1-4H3,(H,18,23). The number of carbonyl (C=O) groups excluding carboxylic acids is 1. The fourth-order valence-electron chi connectivity index (χ4n) is 2.47. The first-order chi connectivity index (χ1) is 12.1. The second kappa shape index (κ2) is 9.82. The van der Waals surface area contributed by atoms with Crippen molar-refractivity contribution in [2.45, 2.75) is 43.4 Å². The highest BCUT2D eigenvalue weighted by molar-refractivity contribution is 7.98. The fraction of sp³-hybridized carbons (Fsp3) is 0.529. The maximum absolute atomic E-state index is 12.3. The smallest absolute Gasteiger partial charge is 0.254 e. The van der Waals surface area contributed by atoms with Gasteiger partial charge >= 0.3 is 0 Å². The van der Waals surface area contributed by atoms with Gasteiger partial charge in [0.1, 0.15) is 10.9 Å². The van der Waals surface area contributed by atoms with Crippen LogP contribution in [-0.4, -0.2) is 44.7 Å². The van der Waals surface area contributed by atoms with Crippen LogP contribution in [-0.2, 0) is 13.0 Å². The van der Waals surface area contributed by atoms with E-state index in [1.807, 2.05) is 12.5 Å². The number of rotatable bonds is 9. The molecule has 0 aliphatic carbocycles. The lowest BCUT2D eigenvalue weighted by molar-refractivity contribution is 0.0949. The minimum absolute atomic E-state index is 0.0779. The van der Waals surface area contributed by atoms with Gasteiger partial charge in [-0.15, -0.1) is 22.0 Å². The molecule has 8 heteroatoms. The van der Waals surface area contributed by atoms with Gasteiger partial charge in [0.05, 0.1) is 5.56 Å². The molecule has 2 rings (SSSR count). The lowest BCUT2D eigenvalue weighted by Crippen LogP contribution is -2.25. The van der Waals surface area contributed by atoms with E-state index in [0.29, 0.717) is 18.0 Å². The van der Waals surface area contributed by atoms with Crippen LogP contribution in [0.5, 0.6) is 0 Å². The van der Waals surface area contributed by atoms with Crippen LogP contribution in [0, 0.1) is 5.92 Å². The Balaban J connectivity index is 1.89. The molecule has 0 bridgehead atoms. The molecule has 25 heavy (non-hydrogen) atoms. The van der Waals surface area contributed by atoms with Crippen LogP contribution in [0.2, 0.25) is 0 Å². The summed E-state index contributed by atoms with van der Waals surface area (Å²) >= 11 is 3.09. The van der Waals surface area contributed by atoms with Crippen molar-refractivity contribution in [3.8, 4) is 0 Å². The Morgan fingerprint density at radius 3 is 2.76 bits per heavy atom. The van der Waals surface area contributed by atoms with Gasteiger partial charge in [0.15, 0.2) is 5.16 Å². The van der Waals surface area contributed by atoms with E-state index in [1.54, 1.807) is 30.1 Å². The van der Waals surface area contributed by atoms with Gasteiger partial charge in [0.25, 0.3) is 5.91 Å². The molecular weight excluding hydrogens is 354 g/mol. The van der Waals surface area contributed by atoms with Gasteiger partial charge in [0.2, 0.25) is 0 Å². The number of aromatic nitrogens is 4. The summed E-state index contributed by atoms with van der Waals surface area (Å²) in [7, 11) is 0. The van der Waals surface area contributed by atoms with Crippen LogP contribution in [0.1, 0.15) is 36.5 Å². The zero-order valence-corrected chi connectivity index (χ0v) is 16.8. The van der Waals surface area contributed by atoms with Crippen molar-refractivity contribution in [1.29, 1.82) is 0 Å². The summed E-state index contributed by atoms with van der Waals surface area (Å²) < 4.78 is 2.18. The van der Waals surface area contributed by atoms with E-state index in [2.05, 4.69) is 38.9 Å². The second-order valence-corrected chi connectivity index (χ2v) is 7.60. The molecule has 1 N–H and O–H groups in total. The first-order valence-corrected chi connectivity index (χ1v) is 10.7. The lowest BCUT2D eigenvalue weighted by Gasteiger charge is -2.12. The van der Waals surface area contributed by atoms with Gasteiger partial charge in [-0.2, -0.15) is 0 Å². The van der Waals surface area contributed by atoms with Gasteiger partial charge in [0, 0.05) is 25.7 Å². The Morgan fingerprint density at radius 1 is 1.28 bits per heavy atom. The SMILES string of the molecule is CSc1ncccc1C(=O)NCCCc1nnc(SC)n1CC(C)C. The molecule has 0 radical (unpaired) electrons. The Labute approximate surface area is 157 Å². The van der Waals surface area contributed by atoms with Crippen LogP contribution in [0.15, 0.2) is 28.5 Å². The average Bonchev–Trinajstić information content (AvgIpc) is 2.99. The molecular formula is C17H25N5OS2. The van der Waals surface area contributed by atoms with E-state index in [4.69, 9.17) is 0 Å². The van der Waals surface area contributed by atoms with Gasteiger partial charge in [-0.25, -0.2) is 4.98 Å². The van der Waals surface area contributed by atoms with E-state index in [0.717, 1.165) is 35.4 Å². The highest BCUT2D eigenvalue weighted by Gasteiger charge is 2.13. The first kappa shape index (κ1) is 19.8. The predicted octanol–water partition coefficient (Wildman–Crippen LogP) is 3.14. The molecule has 0 aromatic carbocycles. The lowest BCUT2D eigenvalue weighted by atomic mass is 10.2. The number of hydrogen-bond donors (Lipinski definition) is 1. The van der Waals surface area contributed by atoms with E-state index >= 15 is 0 Å². The molecule has 0 unspecified atom stereocenters. The summed E-state index contributed by atoms with van der Waals surface area (Å²) in [4.78, 5) is 16.5. The van der Waals surface area contributed by atoms with Crippen molar-refractivity contribution in [2.24, 2.45) is 5.92 Å². The summed E-state index contributed by atoms with van der Waals surface area (Å²) in [5.74, 6) is 1.44. The zero-order chi connectivity index (χ0) is 18.2. The molecule has 2 aromatic rings. The minimum atomic E-state index is -0.0779. The zero-order valence-electron chi connectivity index (χ0n) is 15.2. The summed E-state index contributed by atoms with van der Waals surface area (Å²) in [6.07, 6.45) is 7.26. The third-order valence-electron chi connectivity index (χ3n) is 3.60. The molecule has 136 valence electrons. The number of amides is 1. The van der Waals surface area contributed by atoms with E-state index in [-0.39, 0.29) is 5.91 Å². The topological polar surface area (TPSA) is 72.7 Å². The van der Waals surface area contributed by atoms with Crippen LogP contribution in [0.3, 0.4) is 0 Å². The van der Waals surface area contributed by atoms with Crippen molar-refractivity contribution in [2.75, 3.05) is 19.1 Å². The summed E-state index contributed by atoms with van der Waals surface area (Å²) in [6, 6.07) is 3.59. The van der Waals surface area contributed by atoms with Crippen LogP contribution < -0.4 is 5.32 Å². The van der Waals surface area contributed by atoms with Gasteiger partial charge in [-0.05, 0) is 37.0 Å². The Kier molecular flexibility index (Phi) is 7.77. The fourth-order valence-corrected chi connectivity index (χ4v) is 3.54. The summed E-state index contributed by atoms with van der Waals surface area (Å²) in [5.41, 5.74) is 0.627. The van der Waals surface area contributed by atoms with Crippen molar-refractivity contribution in [3.63, 3.8) is 0 Å². The minimum Gasteiger partial charge on any atom is -0.352 e. The summed E-state index contributed by atoms with van der Waals surface area (Å²) in [5, 5.41) is 13.2. The van der Waals surface area contributed by atoms with Gasteiger partial charge < -0.3 is 9.88 Å². The normalized spacial score (nSPS) is 11.1. The molecule has 0 aliphatic rings. The first-order valence-electron chi connectivity index (χ1n) is 8.30. The molecule has 0 saturated carbocycles. The number of hydrogen-bond acceptors (Lipinski definition) is 6. The highest BCUT2D eigenvalue weighted by Crippen LogP contribution is 2.18. The Hall–Kier alpha value is -1.54. The van der Waals surface area contributed by atoms with Crippen LogP contribution in [0.25, 0.3) is 0 Å². The largest absolute Gasteiger partial charge is 0.352 e. The number of aryl methyl sites for hydroxylation is 1. The number of nitrogens with one attached hydrogen (secondary N) is 1. The maximum Gasteiger partial charge on any atom is 0.254 e. The third kappa shape index (κ3) is 5.47. The average molecular weight is 380 g/mol. The molecule has 1 amide bonds. The van der Waals surface area contributed by atoms with Crippen LogP contribution >= 0.6 is 23.5 Å². The molecule has 0 spiro atoms. The van der Waals surface area contributed by atoms with Crippen molar-refractivity contribution >= 4 is 29.4 Å². The monoisotopic (exact) mass is 379 g/mol. The second-order valence-electron chi connectivity index (χ2n) is 6.03.